The molecule has 1 heterocycles. The topological polar surface area (TPSA) is 26.3 Å². The van der Waals surface area contributed by atoms with Gasteiger partial charge in [0.05, 0.1) is 0 Å². The maximum Gasteiger partial charge on any atom is 0.422 e. The van der Waals surface area contributed by atoms with E-state index in [1.807, 2.05) is 6.92 Å². The average molecular weight is 300 g/mol. The van der Waals surface area contributed by atoms with E-state index in [0.717, 1.165) is 6.42 Å². The molecule has 2 nitrogen and oxygen atoms in total. The lowest BCUT2D eigenvalue weighted by atomic mass is 10.3. The lowest BCUT2D eigenvalue weighted by Gasteiger charge is -2.18. The van der Waals surface area contributed by atoms with E-state index in [9.17, 15) is 18.0 Å². The molecular weight excluding hydrogens is 285 g/mol. The number of halogens is 3. The first-order chi connectivity index (χ1) is 8.20. The van der Waals surface area contributed by atoms with Crippen LogP contribution in [0.1, 0.15) is 20.3 Å². The largest absolute Gasteiger partial charge is 0.447 e. The van der Waals surface area contributed by atoms with E-state index in [4.69, 9.17) is 4.74 Å². The third kappa shape index (κ3) is 4.76. The Kier molecular flexibility index (Phi) is 5.46. The maximum absolute atomic E-state index is 12.3. The number of rotatable bonds is 2. The fraction of sp³-hybridized carbons (Fsp3) is 0.727. The molecule has 104 valence electrons. The van der Waals surface area contributed by atoms with Gasteiger partial charge < -0.3 is 4.74 Å². The average Bonchev–Trinajstić information content (AvgIpc) is 2.37. The van der Waals surface area contributed by atoms with Gasteiger partial charge in [-0.1, -0.05) is 20.4 Å². The molecule has 0 aromatic rings. The second kappa shape index (κ2) is 6.23. The number of esters is 1. The summed E-state index contributed by atoms with van der Waals surface area (Å²) in [6, 6.07) is 0. The van der Waals surface area contributed by atoms with Crippen molar-refractivity contribution in [2.24, 2.45) is 0 Å². The highest BCUT2D eigenvalue weighted by molar-refractivity contribution is 8.04. The first kappa shape index (κ1) is 15.8. The molecule has 7 heteroatoms. The van der Waals surface area contributed by atoms with Gasteiger partial charge in [-0.25, -0.2) is 4.79 Å². The third-order valence-corrected chi connectivity index (χ3v) is 5.08. The molecule has 1 aliphatic rings. The monoisotopic (exact) mass is 300 g/mol. The number of alkyl halides is 3. The molecule has 0 N–H and O–H groups in total. The van der Waals surface area contributed by atoms with E-state index in [1.54, 1.807) is 11.8 Å². The lowest BCUT2D eigenvalue weighted by Crippen LogP contribution is -2.25. The number of carbonyl (C=O) groups excluding carboxylic acids is 1. The third-order valence-electron chi connectivity index (χ3n) is 2.39. The van der Waals surface area contributed by atoms with Crippen molar-refractivity contribution < 1.29 is 22.7 Å². The SMILES string of the molecule is C=C(C(=O)OC1CSC(C)CC(C)S1)C(F)(F)F. The van der Waals surface area contributed by atoms with Gasteiger partial charge in [0.25, 0.3) is 0 Å². The zero-order valence-corrected chi connectivity index (χ0v) is 11.8. The van der Waals surface area contributed by atoms with Crippen molar-refractivity contribution in [3.63, 3.8) is 0 Å². The Morgan fingerprint density at radius 2 is 1.94 bits per heavy atom. The van der Waals surface area contributed by atoms with Gasteiger partial charge in [-0.2, -0.15) is 24.9 Å². The molecule has 0 radical (unpaired) electrons. The number of thioether (sulfide) groups is 2. The summed E-state index contributed by atoms with van der Waals surface area (Å²) in [5.41, 5.74) is -1.99. The van der Waals surface area contributed by atoms with E-state index >= 15 is 0 Å². The van der Waals surface area contributed by atoms with E-state index in [0.29, 0.717) is 11.0 Å². The molecule has 0 aromatic heterocycles. The standard InChI is InChI=1S/C11H15F3O2S2/c1-6-4-7(2)18-9(5-17-6)16-10(15)8(3)11(12,13)14/h6-7,9H,3-5H2,1-2H3. The van der Waals surface area contributed by atoms with E-state index in [1.165, 1.54) is 11.8 Å². The van der Waals surface area contributed by atoms with E-state index < -0.39 is 23.2 Å². The Hall–Kier alpha value is -0.300. The summed E-state index contributed by atoms with van der Waals surface area (Å²) in [5, 5.41) is 0.675. The first-order valence-corrected chi connectivity index (χ1v) is 7.43. The van der Waals surface area contributed by atoms with Crippen molar-refractivity contribution in [1.82, 2.24) is 0 Å². The van der Waals surface area contributed by atoms with Crippen LogP contribution in [0.2, 0.25) is 0 Å². The van der Waals surface area contributed by atoms with Crippen LogP contribution in [-0.4, -0.2) is 33.8 Å². The van der Waals surface area contributed by atoms with Crippen molar-refractivity contribution in [3.05, 3.63) is 12.2 Å². The number of ether oxygens (including phenoxy) is 1. The molecule has 1 rings (SSSR count). The molecule has 0 amide bonds. The van der Waals surface area contributed by atoms with Gasteiger partial charge in [0.1, 0.15) is 5.57 Å². The van der Waals surface area contributed by atoms with Crippen molar-refractivity contribution in [3.8, 4) is 0 Å². The second-order valence-corrected chi connectivity index (χ2v) is 7.21. The van der Waals surface area contributed by atoms with Crippen LogP contribution in [0.3, 0.4) is 0 Å². The summed E-state index contributed by atoms with van der Waals surface area (Å²) in [6.45, 7) is 6.77. The normalized spacial score (nSPS) is 29.5. The highest BCUT2D eigenvalue weighted by Crippen LogP contribution is 2.35. The van der Waals surface area contributed by atoms with Crippen LogP contribution in [-0.2, 0) is 9.53 Å². The zero-order valence-electron chi connectivity index (χ0n) is 10.1. The highest BCUT2D eigenvalue weighted by atomic mass is 32.2. The molecule has 18 heavy (non-hydrogen) atoms. The van der Waals surface area contributed by atoms with Crippen molar-refractivity contribution in [2.45, 2.75) is 42.4 Å². The summed E-state index contributed by atoms with van der Waals surface area (Å²) in [4.78, 5) is 11.3. The van der Waals surface area contributed by atoms with Crippen molar-refractivity contribution >= 4 is 29.5 Å². The van der Waals surface area contributed by atoms with Gasteiger partial charge in [-0.3, -0.25) is 0 Å². The number of carbonyl (C=O) groups is 1. The molecule has 0 spiro atoms. The predicted octanol–water partition coefficient (Wildman–Crippen LogP) is 3.62. The summed E-state index contributed by atoms with van der Waals surface area (Å²) in [6.07, 6.45) is -3.78. The smallest absolute Gasteiger partial charge is 0.422 e. The maximum atomic E-state index is 12.3. The molecule has 0 saturated carbocycles. The minimum atomic E-state index is -4.72. The molecular formula is C11H15F3O2S2. The summed E-state index contributed by atoms with van der Waals surface area (Å²) in [5.74, 6) is -0.866. The van der Waals surface area contributed by atoms with Crippen molar-refractivity contribution in [1.29, 1.82) is 0 Å². The molecule has 0 aliphatic carbocycles. The highest BCUT2D eigenvalue weighted by Gasteiger charge is 2.39. The fourth-order valence-electron chi connectivity index (χ4n) is 1.50. The summed E-state index contributed by atoms with van der Waals surface area (Å²) < 4.78 is 41.6. The Bertz CT molecular complexity index is 331. The summed E-state index contributed by atoms with van der Waals surface area (Å²) >= 11 is 3.00. The van der Waals surface area contributed by atoms with Crippen LogP contribution in [0.5, 0.6) is 0 Å². The lowest BCUT2D eigenvalue weighted by molar-refractivity contribution is -0.151. The quantitative estimate of drug-likeness (QED) is 0.575. The predicted molar refractivity (Wildman–Crippen MR) is 68.7 cm³/mol. The Labute approximate surface area is 113 Å². The molecule has 3 unspecified atom stereocenters. The fourth-order valence-corrected chi connectivity index (χ4v) is 4.21. The number of hydrogen-bond acceptors (Lipinski definition) is 4. The van der Waals surface area contributed by atoms with Crippen LogP contribution < -0.4 is 0 Å². The Morgan fingerprint density at radius 3 is 2.50 bits per heavy atom. The Morgan fingerprint density at radius 1 is 1.33 bits per heavy atom. The van der Waals surface area contributed by atoms with Gasteiger partial charge in [0, 0.05) is 16.3 Å². The molecule has 0 aromatic carbocycles. The van der Waals surface area contributed by atoms with Crippen molar-refractivity contribution in [2.75, 3.05) is 5.75 Å². The molecule has 0 bridgehead atoms. The molecule has 1 saturated heterocycles. The molecule has 1 aliphatic heterocycles. The van der Waals surface area contributed by atoms with Crippen LogP contribution in [0.15, 0.2) is 12.2 Å². The van der Waals surface area contributed by atoms with E-state index in [2.05, 4.69) is 13.5 Å². The number of hydrogen-bond donors (Lipinski definition) is 0. The van der Waals surface area contributed by atoms with Crippen LogP contribution in [0.4, 0.5) is 13.2 Å². The van der Waals surface area contributed by atoms with Crippen LogP contribution in [0, 0.1) is 0 Å². The van der Waals surface area contributed by atoms with Gasteiger partial charge in [-0.15, -0.1) is 11.8 Å². The minimum absolute atomic E-state index is 0.256. The van der Waals surface area contributed by atoms with E-state index in [-0.39, 0.29) is 5.25 Å². The van der Waals surface area contributed by atoms with Gasteiger partial charge >= 0.3 is 12.1 Å². The Balaban J connectivity index is 2.56. The first-order valence-electron chi connectivity index (χ1n) is 5.44. The zero-order chi connectivity index (χ0) is 13.9. The van der Waals surface area contributed by atoms with Gasteiger partial charge in [0.15, 0.2) is 5.44 Å². The minimum Gasteiger partial charge on any atom is -0.447 e. The second-order valence-electron chi connectivity index (χ2n) is 4.14. The van der Waals surface area contributed by atoms with Gasteiger partial charge in [-0.05, 0) is 6.42 Å². The van der Waals surface area contributed by atoms with Crippen LogP contribution >= 0.6 is 23.5 Å². The molecule has 3 atom stereocenters. The molecule has 1 fully saturated rings. The van der Waals surface area contributed by atoms with Crippen LogP contribution in [0.25, 0.3) is 0 Å². The summed E-state index contributed by atoms with van der Waals surface area (Å²) in [7, 11) is 0. The van der Waals surface area contributed by atoms with Gasteiger partial charge in [0.2, 0.25) is 0 Å².